The summed E-state index contributed by atoms with van der Waals surface area (Å²) in [7, 11) is 8.67. The number of aliphatic hydroxyl groups is 1. The van der Waals surface area contributed by atoms with E-state index in [0.717, 1.165) is 22.5 Å². The normalized spacial score (nSPS) is 46.1. The number of piperazine rings is 2. The van der Waals surface area contributed by atoms with Gasteiger partial charge in [0.1, 0.15) is 18.4 Å². The Morgan fingerprint density at radius 3 is 1.98 bits per heavy atom. The van der Waals surface area contributed by atoms with E-state index in [1.54, 1.807) is 42.6 Å². The maximum Gasteiger partial charge on any atom is 0.264 e. The Kier molecular flexibility index (Phi) is 4.69. The first kappa shape index (κ1) is 27.4. The molecule has 45 heavy (non-hydrogen) atoms. The van der Waals surface area contributed by atoms with E-state index in [1.165, 1.54) is 48.1 Å². The number of hydrogen-bond acceptors (Lipinski definition) is 11. The summed E-state index contributed by atoms with van der Waals surface area (Å²) in [4.78, 5) is 59.5. The lowest BCUT2D eigenvalue weighted by molar-refractivity contribution is -0.166. The van der Waals surface area contributed by atoms with Gasteiger partial charge in [0.15, 0.2) is 14.6 Å². The first-order valence-corrected chi connectivity index (χ1v) is 19.1. The van der Waals surface area contributed by atoms with Gasteiger partial charge in [-0.3, -0.25) is 29.0 Å². The number of carbonyl (C=O) groups is 4. The number of para-hydroxylation sites is 2. The van der Waals surface area contributed by atoms with Crippen LogP contribution >= 0.6 is 43.2 Å². The molecule has 15 heteroatoms. The second-order valence-electron chi connectivity index (χ2n) is 13.5. The van der Waals surface area contributed by atoms with Gasteiger partial charge in [0, 0.05) is 31.9 Å². The Labute approximate surface area is 274 Å². The smallest absolute Gasteiger partial charge is 0.264 e. The number of benzene rings is 2. The van der Waals surface area contributed by atoms with E-state index in [4.69, 9.17) is 0 Å². The van der Waals surface area contributed by atoms with Crippen molar-refractivity contribution in [1.29, 1.82) is 0 Å². The molecule has 10 aliphatic rings. The van der Waals surface area contributed by atoms with Crippen molar-refractivity contribution in [3.8, 4) is 0 Å². The fourth-order valence-electron chi connectivity index (χ4n) is 9.74. The third-order valence-electron chi connectivity index (χ3n) is 12.0. The van der Waals surface area contributed by atoms with Crippen LogP contribution in [0.25, 0.3) is 0 Å². The van der Waals surface area contributed by atoms with Crippen LogP contribution in [0.4, 0.5) is 11.4 Å². The number of amides is 4. The minimum atomic E-state index is -1.63. The quantitative estimate of drug-likeness (QED) is 0.385. The summed E-state index contributed by atoms with van der Waals surface area (Å²) in [5, 5.41) is 20.5. The lowest BCUT2D eigenvalue weighted by Gasteiger charge is -2.58. The number of hydrogen-bond donors (Lipinski definition) is 3. The zero-order valence-electron chi connectivity index (χ0n) is 24.6. The molecular formula is C30H28N6O5S4. The van der Waals surface area contributed by atoms with Gasteiger partial charge >= 0.3 is 0 Å². The Hall–Kier alpha value is -2.72. The van der Waals surface area contributed by atoms with Gasteiger partial charge in [-0.2, -0.15) is 0 Å². The van der Waals surface area contributed by atoms with Crippen LogP contribution in [0.3, 0.4) is 0 Å². The lowest BCUT2D eigenvalue weighted by Crippen LogP contribution is -2.77. The van der Waals surface area contributed by atoms with Gasteiger partial charge in [0.2, 0.25) is 4.87 Å². The molecular weight excluding hydrogens is 653 g/mol. The van der Waals surface area contributed by atoms with Crippen LogP contribution in [0, 0.1) is 0 Å². The maximum atomic E-state index is 14.6. The number of nitrogens with zero attached hydrogens (tertiary/aromatic N) is 4. The maximum absolute atomic E-state index is 14.6. The van der Waals surface area contributed by atoms with Crippen molar-refractivity contribution >= 4 is 78.2 Å². The van der Waals surface area contributed by atoms with Gasteiger partial charge in [-0.25, -0.2) is 0 Å². The first-order valence-electron chi connectivity index (χ1n) is 14.8. The predicted molar refractivity (Wildman–Crippen MR) is 174 cm³/mol. The van der Waals surface area contributed by atoms with Crippen molar-refractivity contribution in [1.82, 2.24) is 19.6 Å². The molecule has 10 heterocycles. The number of rotatable bonds is 1. The third-order valence-corrected chi connectivity index (χ3v) is 19.4. The van der Waals surface area contributed by atoms with Crippen LogP contribution in [0.2, 0.25) is 0 Å². The van der Waals surface area contributed by atoms with E-state index >= 15 is 0 Å². The van der Waals surface area contributed by atoms with Crippen LogP contribution in [-0.4, -0.2) is 100 Å². The average Bonchev–Trinajstić information content (AvgIpc) is 3.70. The highest BCUT2D eigenvalue weighted by atomic mass is 33.1. The van der Waals surface area contributed by atoms with Gasteiger partial charge in [0.25, 0.3) is 23.6 Å². The molecule has 0 aliphatic carbocycles. The number of carbonyl (C=O) groups excluding carboxylic acids is 4. The zero-order chi connectivity index (χ0) is 31.3. The van der Waals surface area contributed by atoms with E-state index < -0.39 is 48.7 Å². The van der Waals surface area contributed by atoms with Gasteiger partial charge < -0.3 is 25.5 Å². The van der Waals surface area contributed by atoms with Crippen LogP contribution in [0.5, 0.6) is 0 Å². The number of anilines is 2. The van der Waals surface area contributed by atoms with Crippen molar-refractivity contribution in [2.45, 2.75) is 69.0 Å². The van der Waals surface area contributed by atoms with Crippen molar-refractivity contribution in [3.63, 3.8) is 0 Å². The summed E-state index contributed by atoms with van der Waals surface area (Å²) in [5.74, 6) is -0.935. The monoisotopic (exact) mass is 680 g/mol. The van der Waals surface area contributed by atoms with E-state index in [9.17, 15) is 24.3 Å². The van der Waals surface area contributed by atoms with E-state index in [2.05, 4.69) is 10.6 Å². The number of nitrogens with one attached hydrogen (secondary N) is 2. The van der Waals surface area contributed by atoms with E-state index in [1.807, 2.05) is 48.5 Å². The summed E-state index contributed by atoms with van der Waals surface area (Å²) in [6.07, 6.45) is -2.82. The molecule has 232 valence electrons. The summed E-state index contributed by atoms with van der Waals surface area (Å²) in [6, 6.07) is 15.5. The molecule has 11 nitrogen and oxygen atoms in total. The molecule has 0 saturated carbocycles. The SMILES string of the molecule is CN1C(=O)[C@@]23CC4([C@@]56c7ccccc7N[C@@H]5N5C(=O)C7(C)SS[C@]5(C(=O)N7C)[C@H]6O)c5ccccc5N[C@@H]4N2C(=O)C1(C)SS3. The minimum absolute atomic E-state index is 0.165. The molecule has 2 aromatic carbocycles. The van der Waals surface area contributed by atoms with Crippen LogP contribution in [0.1, 0.15) is 31.4 Å². The molecule has 4 amide bonds. The molecule has 2 aromatic rings. The lowest BCUT2D eigenvalue weighted by atomic mass is 9.53. The Bertz CT molecular complexity index is 1860. The van der Waals surface area contributed by atoms with E-state index in [0.29, 0.717) is 0 Å². The number of likely N-dealkylation sites (N-methyl/N-ethyl adjacent to an activating group) is 2. The standard InChI is InChI=1S/C30H28N6O5S4/c1-25-21(38)35-19-27(14-9-5-7-11-16(14)31-19,13-28(35,44-42-25)23(40)33(25)3)29-15-10-6-8-12-17(15)32-20(29)36-22(39)26(2)34(4)24(41)30(36,18(29)37)45-43-26/h5-12,18-20,31-32,37H,13H2,1-4H3/t18-,19+,20+,25?,26?,27?,28-,29+,30-/m0/s1. The van der Waals surface area contributed by atoms with Gasteiger partial charge in [-0.15, -0.1) is 0 Å². The molecule has 0 aromatic heterocycles. The molecule has 8 fully saturated rings. The average molecular weight is 681 g/mol. The largest absolute Gasteiger partial charge is 0.388 e. The fraction of sp³-hybridized carbons (Fsp3) is 0.467. The topological polar surface area (TPSA) is 126 Å². The van der Waals surface area contributed by atoms with Crippen molar-refractivity contribution in [2.24, 2.45) is 0 Å². The molecule has 3 N–H and O–H groups in total. The number of aliphatic hydroxyl groups excluding tert-OH is 1. The first-order chi connectivity index (χ1) is 21.4. The van der Waals surface area contributed by atoms with Crippen molar-refractivity contribution in [3.05, 3.63) is 59.7 Å². The third kappa shape index (κ3) is 2.36. The summed E-state index contributed by atoms with van der Waals surface area (Å²) < 4.78 is 0. The Balaban J connectivity index is 1.33. The zero-order valence-corrected chi connectivity index (χ0v) is 27.8. The van der Waals surface area contributed by atoms with E-state index in [-0.39, 0.29) is 30.0 Å². The van der Waals surface area contributed by atoms with Gasteiger partial charge in [0.05, 0.1) is 10.8 Å². The highest BCUT2D eigenvalue weighted by Gasteiger charge is 2.90. The molecule has 9 atom stereocenters. The Morgan fingerprint density at radius 1 is 0.711 bits per heavy atom. The molecule has 2 spiro atoms. The van der Waals surface area contributed by atoms with Crippen LogP contribution < -0.4 is 10.6 Å². The molecule has 4 bridgehead atoms. The Morgan fingerprint density at radius 2 is 1.27 bits per heavy atom. The number of fused-ring (bicyclic) bond motifs is 11. The fourth-order valence-corrected chi connectivity index (χ4v) is 16.8. The minimum Gasteiger partial charge on any atom is -0.388 e. The van der Waals surface area contributed by atoms with Crippen LogP contribution in [-0.2, 0) is 30.0 Å². The predicted octanol–water partition coefficient (Wildman–Crippen LogP) is 2.36. The van der Waals surface area contributed by atoms with Crippen molar-refractivity contribution < 1.29 is 24.3 Å². The second-order valence-corrected chi connectivity index (χ2v) is 19.0. The molecule has 3 unspecified atom stereocenters. The highest BCUT2D eigenvalue weighted by molar-refractivity contribution is 8.78. The molecule has 10 aliphatic heterocycles. The molecule has 12 rings (SSSR count). The van der Waals surface area contributed by atoms with Crippen LogP contribution in [0.15, 0.2) is 48.5 Å². The van der Waals surface area contributed by atoms with Gasteiger partial charge in [-0.05, 0) is 47.9 Å². The highest BCUT2D eigenvalue weighted by Crippen LogP contribution is 2.78. The molecule has 8 saturated heterocycles. The summed E-state index contributed by atoms with van der Waals surface area (Å²) >= 11 is 0. The van der Waals surface area contributed by atoms with Gasteiger partial charge in [-0.1, -0.05) is 68.8 Å². The summed E-state index contributed by atoms with van der Waals surface area (Å²) in [5.41, 5.74) is 0.681. The second kappa shape index (κ2) is 7.70. The van der Waals surface area contributed by atoms with Crippen molar-refractivity contribution in [2.75, 3.05) is 24.7 Å². The summed E-state index contributed by atoms with van der Waals surface area (Å²) in [6.45, 7) is 3.54. The molecule has 0 radical (unpaired) electrons.